The zero-order valence-electron chi connectivity index (χ0n) is 18.4. The standard InChI is InChI=1S/C28H35FS/c1-4-23-16-22(19-28(23)30)17-25-12-8-11-24(15-20(2)3)27(25)14-6-5-13-26(29)18-21-9-7-10-21/h5-6,8,11-14,17-18,21,23,28,30H,2,4,7,9-10,15-16,19H2,1,3H3/b13-5-,14-6+,22-17-,26-18-/t23-,28+/m0/s1. The van der Waals surface area contributed by atoms with E-state index in [0.717, 1.165) is 37.7 Å². The van der Waals surface area contributed by atoms with E-state index >= 15 is 0 Å². The highest BCUT2D eigenvalue weighted by Gasteiger charge is 2.26. The number of benzene rings is 1. The first-order valence-corrected chi connectivity index (χ1v) is 11.8. The molecule has 0 aliphatic heterocycles. The van der Waals surface area contributed by atoms with Crippen LogP contribution in [0.3, 0.4) is 0 Å². The third kappa shape index (κ3) is 6.35. The fourth-order valence-electron chi connectivity index (χ4n) is 4.37. The molecule has 2 aliphatic rings. The third-order valence-corrected chi connectivity index (χ3v) is 6.92. The highest BCUT2D eigenvalue weighted by atomic mass is 32.1. The summed E-state index contributed by atoms with van der Waals surface area (Å²) in [6.07, 6.45) is 19.3. The molecule has 0 unspecified atom stereocenters. The zero-order chi connectivity index (χ0) is 21.5. The molecule has 2 saturated carbocycles. The molecule has 0 amide bonds. The lowest BCUT2D eigenvalue weighted by molar-refractivity contribution is 0.381. The molecule has 2 aliphatic carbocycles. The number of hydrogen-bond donors (Lipinski definition) is 1. The monoisotopic (exact) mass is 422 g/mol. The van der Waals surface area contributed by atoms with Crippen molar-refractivity contribution in [2.75, 3.05) is 0 Å². The Morgan fingerprint density at radius 2 is 2.03 bits per heavy atom. The third-order valence-electron chi connectivity index (χ3n) is 6.32. The summed E-state index contributed by atoms with van der Waals surface area (Å²) >= 11 is 4.79. The summed E-state index contributed by atoms with van der Waals surface area (Å²) in [4.78, 5) is 0. The van der Waals surface area contributed by atoms with Gasteiger partial charge in [-0.1, -0.05) is 80.0 Å². The number of hydrogen-bond acceptors (Lipinski definition) is 1. The SMILES string of the molecule is C=C(C)Cc1cccc(/C=C2/C[C@H](CC)[C@H](S)C2)c1/C=C/C=C\C(F)=C\C1CCC1. The minimum atomic E-state index is -0.127. The lowest BCUT2D eigenvalue weighted by atomic mass is 9.85. The van der Waals surface area contributed by atoms with Crippen LogP contribution in [0.1, 0.15) is 69.1 Å². The first-order chi connectivity index (χ1) is 14.5. The maximum Gasteiger partial charge on any atom is 0.119 e. The van der Waals surface area contributed by atoms with Crippen LogP contribution in [0, 0.1) is 11.8 Å². The van der Waals surface area contributed by atoms with Gasteiger partial charge in [-0.3, -0.25) is 0 Å². The smallest absolute Gasteiger partial charge is 0.119 e. The Balaban J connectivity index is 1.83. The molecular formula is C28H35FS. The molecule has 2 atom stereocenters. The molecule has 0 saturated heterocycles. The van der Waals surface area contributed by atoms with E-state index in [0.29, 0.717) is 17.1 Å². The summed E-state index contributed by atoms with van der Waals surface area (Å²) in [6, 6.07) is 6.48. The zero-order valence-corrected chi connectivity index (χ0v) is 19.3. The van der Waals surface area contributed by atoms with Crippen LogP contribution in [0.25, 0.3) is 12.2 Å². The van der Waals surface area contributed by atoms with Crippen LogP contribution in [-0.4, -0.2) is 5.25 Å². The van der Waals surface area contributed by atoms with Crippen molar-refractivity contribution in [3.63, 3.8) is 0 Å². The van der Waals surface area contributed by atoms with Gasteiger partial charge >= 0.3 is 0 Å². The number of allylic oxidation sites excluding steroid dienone is 7. The van der Waals surface area contributed by atoms with Crippen LogP contribution in [0.15, 0.2) is 66.1 Å². The quantitative estimate of drug-likeness (QED) is 0.242. The van der Waals surface area contributed by atoms with E-state index in [9.17, 15) is 4.39 Å². The maximum absolute atomic E-state index is 14.0. The van der Waals surface area contributed by atoms with Gasteiger partial charge in [-0.15, -0.1) is 0 Å². The Labute approximate surface area is 187 Å². The van der Waals surface area contributed by atoms with Gasteiger partial charge in [0.05, 0.1) is 0 Å². The average Bonchev–Trinajstić information content (AvgIpc) is 3.02. The minimum absolute atomic E-state index is 0.127. The summed E-state index contributed by atoms with van der Waals surface area (Å²) in [5, 5.41) is 0.465. The second kappa shape index (κ2) is 11.0. The maximum atomic E-state index is 14.0. The van der Waals surface area contributed by atoms with Crippen molar-refractivity contribution in [1.29, 1.82) is 0 Å². The van der Waals surface area contributed by atoms with Crippen molar-refractivity contribution in [3.05, 3.63) is 82.7 Å². The van der Waals surface area contributed by atoms with Crippen molar-refractivity contribution < 1.29 is 4.39 Å². The molecule has 1 aromatic carbocycles. The van der Waals surface area contributed by atoms with Gasteiger partial charge in [0.2, 0.25) is 0 Å². The van der Waals surface area contributed by atoms with Crippen molar-refractivity contribution in [3.8, 4) is 0 Å². The van der Waals surface area contributed by atoms with Crippen LogP contribution in [0.2, 0.25) is 0 Å². The summed E-state index contributed by atoms with van der Waals surface area (Å²) in [5.74, 6) is 0.978. The lowest BCUT2D eigenvalue weighted by Crippen LogP contribution is -2.07. The number of thiol groups is 1. The highest BCUT2D eigenvalue weighted by molar-refractivity contribution is 7.81. The second-order valence-electron chi connectivity index (χ2n) is 8.96. The van der Waals surface area contributed by atoms with E-state index in [1.165, 1.54) is 35.1 Å². The first-order valence-electron chi connectivity index (χ1n) is 11.3. The van der Waals surface area contributed by atoms with Gasteiger partial charge in [0.25, 0.3) is 0 Å². The van der Waals surface area contributed by atoms with Crippen molar-refractivity contribution in [1.82, 2.24) is 0 Å². The van der Waals surface area contributed by atoms with Gasteiger partial charge in [0.1, 0.15) is 5.83 Å². The van der Waals surface area contributed by atoms with Crippen molar-refractivity contribution in [2.45, 2.75) is 64.0 Å². The fourth-order valence-corrected chi connectivity index (χ4v) is 4.92. The molecule has 0 aromatic heterocycles. The molecule has 2 fully saturated rings. The van der Waals surface area contributed by atoms with Crippen LogP contribution in [0.4, 0.5) is 4.39 Å². The molecule has 0 nitrogen and oxygen atoms in total. The van der Waals surface area contributed by atoms with Crippen LogP contribution in [0.5, 0.6) is 0 Å². The number of rotatable bonds is 8. The molecule has 0 bridgehead atoms. The molecular weight excluding hydrogens is 387 g/mol. The highest BCUT2D eigenvalue weighted by Crippen LogP contribution is 2.38. The molecule has 30 heavy (non-hydrogen) atoms. The number of halogens is 1. The molecule has 0 heterocycles. The lowest BCUT2D eigenvalue weighted by Gasteiger charge is -2.21. The van der Waals surface area contributed by atoms with E-state index in [2.05, 4.69) is 50.8 Å². The molecule has 160 valence electrons. The fraction of sp³-hybridized carbons (Fsp3) is 0.429. The van der Waals surface area contributed by atoms with E-state index in [4.69, 9.17) is 12.6 Å². The van der Waals surface area contributed by atoms with Crippen LogP contribution >= 0.6 is 12.6 Å². The van der Waals surface area contributed by atoms with Gasteiger partial charge in [0.15, 0.2) is 0 Å². The Kier molecular flexibility index (Phi) is 8.39. The Hall–Kier alpha value is -1.80. The molecule has 0 spiro atoms. The summed E-state index contributed by atoms with van der Waals surface area (Å²) < 4.78 is 14.0. The summed E-state index contributed by atoms with van der Waals surface area (Å²) in [5.41, 5.74) is 6.32. The predicted octanol–water partition coefficient (Wildman–Crippen LogP) is 8.53. The largest absolute Gasteiger partial charge is 0.207 e. The van der Waals surface area contributed by atoms with Gasteiger partial charge in [-0.05, 0) is 79.7 Å². The van der Waals surface area contributed by atoms with E-state index < -0.39 is 0 Å². The molecule has 1 aromatic rings. The second-order valence-corrected chi connectivity index (χ2v) is 9.62. The first kappa shape index (κ1) is 22.9. The van der Waals surface area contributed by atoms with Crippen molar-refractivity contribution >= 4 is 24.8 Å². The average molecular weight is 423 g/mol. The van der Waals surface area contributed by atoms with Gasteiger partial charge in [-0.2, -0.15) is 12.6 Å². The molecule has 0 N–H and O–H groups in total. The molecule has 3 rings (SSSR count). The topological polar surface area (TPSA) is 0 Å². The van der Waals surface area contributed by atoms with Gasteiger partial charge in [-0.25, -0.2) is 4.39 Å². The summed E-state index contributed by atoms with van der Waals surface area (Å²) in [6.45, 7) is 8.41. The Morgan fingerprint density at radius 1 is 1.23 bits per heavy atom. The van der Waals surface area contributed by atoms with Crippen molar-refractivity contribution in [2.24, 2.45) is 11.8 Å². The van der Waals surface area contributed by atoms with Crippen LogP contribution in [-0.2, 0) is 6.42 Å². The minimum Gasteiger partial charge on any atom is -0.207 e. The predicted molar refractivity (Wildman–Crippen MR) is 133 cm³/mol. The Bertz CT molecular complexity index is 867. The van der Waals surface area contributed by atoms with Gasteiger partial charge < -0.3 is 0 Å². The van der Waals surface area contributed by atoms with Gasteiger partial charge in [0, 0.05) is 5.25 Å². The molecule has 0 radical (unpaired) electrons. The molecule has 2 heteroatoms. The van der Waals surface area contributed by atoms with E-state index in [-0.39, 0.29) is 5.83 Å². The van der Waals surface area contributed by atoms with Crippen LogP contribution < -0.4 is 0 Å². The van der Waals surface area contributed by atoms with E-state index in [1.54, 1.807) is 12.2 Å². The Morgan fingerprint density at radius 3 is 2.67 bits per heavy atom. The normalized spacial score (nSPS) is 24.3. The summed E-state index contributed by atoms with van der Waals surface area (Å²) in [7, 11) is 0. The van der Waals surface area contributed by atoms with E-state index in [1.807, 2.05) is 12.2 Å².